The topological polar surface area (TPSA) is 68.5 Å². The van der Waals surface area contributed by atoms with Gasteiger partial charge in [-0.05, 0) is 90.0 Å². The number of carbonyl (C=O) groups is 2. The quantitative estimate of drug-likeness (QED) is 0.173. The molecule has 1 N–H and O–H groups in total. The van der Waals surface area contributed by atoms with E-state index in [0.717, 1.165) is 18.6 Å². The van der Waals surface area contributed by atoms with Gasteiger partial charge in [0.05, 0.1) is 17.9 Å². The van der Waals surface area contributed by atoms with Crippen molar-refractivity contribution < 1.29 is 18.7 Å². The number of fused-ring (bicyclic) bond motifs is 1. The fourth-order valence-electron chi connectivity index (χ4n) is 5.28. The van der Waals surface area contributed by atoms with Gasteiger partial charge in [-0.3, -0.25) is 4.79 Å². The molecule has 3 aromatic rings. The van der Waals surface area contributed by atoms with E-state index in [9.17, 15) is 9.59 Å². The molecule has 0 aliphatic heterocycles. The summed E-state index contributed by atoms with van der Waals surface area (Å²) in [5.41, 5.74) is 6.30. The van der Waals surface area contributed by atoms with E-state index in [2.05, 4.69) is 59.0 Å². The van der Waals surface area contributed by atoms with Crippen LogP contribution in [0.5, 0.6) is 0 Å². The highest BCUT2D eigenvalue weighted by atomic mass is 16.5. The summed E-state index contributed by atoms with van der Waals surface area (Å²) in [6, 6.07) is 15.1. The summed E-state index contributed by atoms with van der Waals surface area (Å²) in [5.74, 6) is 0.0567. The third kappa shape index (κ3) is 6.52. The van der Waals surface area contributed by atoms with Crippen molar-refractivity contribution >= 4 is 17.6 Å². The van der Waals surface area contributed by atoms with Crippen LogP contribution >= 0.6 is 0 Å². The number of rotatable bonds is 9. The average molecular weight is 528 g/mol. The number of carbonyl (C=O) groups excluding carboxylic acids is 2. The van der Waals surface area contributed by atoms with Crippen LogP contribution in [0.3, 0.4) is 0 Å². The molecule has 1 aromatic heterocycles. The summed E-state index contributed by atoms with van der Waals surface area (Å²) in [5, 5.41) is 2.82. The lowest BCUT2D eigenvalue weighted by molar-refractivity contribution is 0.0513. The first-order valence-electron chi connectivity index (χ1n) is 14.0. The molecule has 0 saturated heterocycles. The Morgan fingerprint density at radius 2 is 1.67 bits per heavy atom. The zero-order valence-electron chi connectivity index (χ0n) is 24.1. The molecule has 1 amide bonds. The van der Waals surface area contributed by atoms with E-state index in [4.69, 9.17) is 9.15 Å². The number of hydrogen-bond donors (Lipinski definition) is 1. The minimum atomic E-state index is -0.468. The van der Waals surface area contributed by atoms with Gasteiger partial charge in [0.2, 0.25) is 0 Å². The Kier molecular flexibility index (Phi) is 8.48. The minimum Gasteiger partial charge on any atom is -0.462 e. The summed E-state index contributed by atoms with van der Waals surface area (Å²) < 4.78 is 11.4. The Hall–Kier alpha value is -3.60. The molecule has 0 atom stereocenters. The number of amides is 1. The van der Waals surface area contributed by atoms with Crippen LogP contribution in [0.25, 0.3) is 0 Å². The fourth-order valence-corrected chi connectivity index (χ4v) is 5.28. The third-order valence-electron chi connectivity index (χ3n) is 7.87. The highest BCUT2D eigenvalue weighted by Crippen LogP contribution is 2.46. The second-order valence-electron chi connectivity index (χ2n) is 11.8. The van der Waals surface area contributed by atoms with Crippen LogP contribution in [0.15, 0.2) is 65.1 Å². The molecule has 4 rings (SSSR count). The van der Waals surface area contributed by atoms with Crippen molar-refractivity contribution in [1.82, 2.24) is 0 Å². The highest BCUT2D eigenvalue weighted by molar-refractivity contribution is 6.06. The van der Waals surface area contributed by atoms with Gasteiger partial charge in [-0.25, -0.2) is 4.79 Å². The number of hydrogen-bond acceptors (Lipinski definition) is 4. The standard InChI is InChI=1S/C34H41NO4/c1-7-8-9-12-19-38-32(37)26-13-10-11-14-29(26)35-31(36)30-16-15-25(39-30)21-24-22-28-27(20-23(24)2)33(3,4)17-18-34(28,5)6/h8-11,13-16,20,22H,7,12,17-19,21H2,1-6H3,(H,35,36). The molecule has 5 nitrogen and oxygen atoms in total. The molecule has 1 aliphatic carbocycles. The lowest BCUT2D eigenvalue weighted by atomic mass is 9.62. The zero-order valence-corrected chi connectivity index (χ0v) is 24.1. The molecule has 2 aromatic carbocycles. The second kappa shape index (κ2) is 11.6. The van der Waals surface area contributed by atoms with Crippen molar-refractivity contribution in [3.63, 3.8) is 0 Å². The number of nitrogens with one attached hydrogen (secondary N) is 1. The fraction of sp³-hybridized carbons (Fsp3) is 0.412. The molecule has 0 bridgehead atoms. The SMILES string of the molecule is CCC=CCCOC(=O)c1ccccc1NC(=O)c1ccc(Cc2cc3c(cc2C)C(C)(C)CCC3(C)C)o1. The zero-order chi connectivity index (χ0) is 28.2. The number of para-hydroxylation sites is 1. The summed E-state index contributed by atoms with van der Waals surface area (Å²) in [4.78, 5) is 25.7. The molecule has 0 radical (unpaired) electrons. The number of anilines is 1. The molecule has 0 unspecified atom stereocenters. The summed E-state index contributed by atoms with van der Waals surface area (Å²) in [6.45, 7) is 13.8. The number of benzene rings is 2. The predicted molar refractivity (Wildman–Crippen MR) is 157 cm³/mol. The van der Waals surface area contributed by atoms with Crippen molar-refractivity contribution in [3.05, 3.63) is 100 Å². The van der Waals surface area contributed by atoms with Crippen molar-refractivity contribution in [3.8, 4) is 0 Å². The van der Waals surface area contributed by atoms with Gasteiger partial charge in [0, 0.05) is 6.42 Å². The number of aryl methyl sites for hydroxylation is 1. The van der Waals surface area contributed by atoms with E-state index < -0.39 is 11.9 Å². The predicted octanol–water partition coefficient (Wildman–Crippen LogP) is 8.29. The Morgan fingerprint density at radius 3 is 2.38 bits per heavy atom. The Labute approximate surface area is 232 Å². The molecule has 39 heavy (non-hydrogen) atoms. The molecular formula is C34H41NO4. The first-order valence-corrected chi connectivity index (χ1v) is 14.0. The number of esters is 1. The molecular weight excluding hydrogens is 486 g/mol. The molecule has 0 spiro atoms. The first-order chi connectivity index (χ1) is 18.5. The Balaban J connectivity index is 1.47. The van der Waals surface area contributed by atoms with Crippen LogP contribution < -0.4 is 5.32 Å². The van der Waals surface area contributed by atoms with E-state index in [1.165, 1.54) is 28.7 Å². The maximum Gasteiger partial charge on any atom is 0.340 e. The van der Waals surface area contributed by atoms with Gasteiger partial charge >= 0.3 is 5.97 Å². The maximum absolute atomic E-state index is 13.0. The molecule has 0 saturated carbocycles. The van der Waals surface area contributed by atoms with Crippen molar-refractivity contribution in [1.29, 1.82) is 0 Å². The maximum atomic E-state index is 13.0. The van der Waals surface area contributed by atoms with Crippen LogP contribution in [-0.4, -0.2) is 18.5 Å². The number of furan rings is 1. The van der Waals surface area contributed by atoms with Crippen LogP contribution in [0, 0.1) is 6.92 Å². The summed E-state index contributed by atoms with van der Waals surface area (Å²) in [7, 11) is 0. The molecule has 1 heterocycles. The second-order valence-corrected chi connectivity index (χ2v) is 11.8. The van der Waals surface area contributed by atoms with E-state index in [0.29, 0.717) is 24.1 Å². The van der Waals surface area contributed by atoms with E-state index in [-0.39, 0.29) is 23.2 Å². The summed E-state index contributed by atoms with van der Waals surface area (Å²) in [6.07, 6.45) is 8.57. The summed E-state index contributed by atoms with van der Waals surface area (Å²) >= 11 is 0. The van der Waals surface area contributed by atoms with Gasteiger partial charge in [-0.1, -0.05) is 71.0 Å². The average Bonchev–Trinajstić information content (AvgIpc) is 3.36. The number of allylic oxidation sites excluding steroid dienone is 1. The minimum absolute atomic E-state index is 0.127. The van der Waals surface area contributed by atoms with Crippen LogP contribution in [0.1, 0.15) is 109 Å². The highest BCUT2D eigenvalue weighted by Gasteiger charge is 2.37. The number of ether oxygens (including phenoxy) is 1. The van der Waals surface area contributed by atoms with E-state index in [1.807, 2.05) is 18.2 Å². The van der Waals surface area contributed by atoms with Crippen molar-refractivity contribution in [2.75, 3.05) is 11.9 Å². The van der Waals surface area contributed by atoms with Gasteiger partial charge in [0.25, 0.3) is 5.91 Å². The monoisotopic (exact) mass is 527 g/mol. The molecule has 206 valence electrons. The van der Waals surface area contributed by atoms with Crippen LogP contribution in [-0.2, 0) is 22.0 Å². The largest absolute Gasteiger partial charge is 0.462 e. The van der Waals surface area contributed by atoms with E-state index >= 15 is 0 Å². The first kappa shape index (κ1) is 28.4. The van der Waals surface area contributed by atoms with Crippen molar-refractivity contribution in [2.45, 2.75) is 84.5 Å². The normalized spacial score (nSPS) is 15.6. The smallest absolute Gasteiger partial charge is 0.340 e. The van der Waals surface area contributed by atoms with E-state index in [1.54, 1.807) is 30.3 Å². The van der Waals surface area contributed by atoms with Crippen LogP contribution in [0.2, 0.25) is 0 Å². The Bertz CT molecular complexity index is 1380. The lowest BCUT2D eigenvalue weighted by Crippen LogP contribution is -2.34. The Morgan fingerprint density at radius 1 is 0.974 bits per heavy atom. The van der Waals surface area contributed by atoms with Gasteiger partial charge in [0.15, 0.2) is 5.76 Å². The molecule has 5 heteroatoms. The molecule has 0 fully saturated rings. The van der Waals surface area contributed by atoms with Gasteiger partial charge in [-0.15, -0.1) is 0 Å². The van der Waals surface area contributed by atoms with Gasteiger partial charge < -0.3 is 14.5 Å². The van der Waals surface area contributed by atoms with Crippen molar-refractivity contribution in [2.24, 2.45) is 0 Å². The van der Waals surface area contributed by atoms with Crippen LogP contribution in [0.4, 0.5) is 5.69 Å². The lowest BCUT2D eigenvalue weighted by Gasteiger charge is -2.42. The molecule has 1 aliphatic rings. The van der Waals surface area contributed by atoms with Gasteiger partial charge in [-0.2, -0.15) is 0 Å². The third-order valence-corrected chi connectivity index (χ3v) is 7.87. The van der Waals surface area contributed by atoms with Gasteiger partial charge in [0.1, 0.15) is 5.76 Å².